The highest BCUT2D eigenvalue weighted by atomic mass is 16.5. The van der Waals surface area contributed by atoms with Gasteiger partial charge in [0.25, 0.3) is 0 Å². The number of benzene rings is 1. The number of rotatable bonds is 7. The number of methoxy groups -OCH3 is 2. The van der Waals surface area contributed by atoms with Gasteiger partial charge in [0.05, 0.1) is 20.8 Å². The van der Waals surface area contributed by atoms with Crippen LogP contribution in [0.1, 0.15) is 15.9 Å². The third kappa shape index (κ3) is 3.72. The standard InChI is InChI=1S/C16H17NO4/c1-19-14-8-13(11-18)9-15(20-2)16(14)21-7-5-12-4-3-6-17-10-12/h3-4,6,8-11H,5,7H2,1-2H3. The number of hydrogen-bond acceptors (Lipinski definition) is 5. The number of carbonyl (C=O) groups excluding carboxylic acids is 1. The number of pyridine rings is 1. The Morgan fingerprint density at radius 1 is 1.19 bits per heavy atom. The fraction of sp³-hybridized carbons (Fsp3) is 0.250. The number of carbonyl (C=O) groups is 1. The molecular weight excluding hydrogens is 270 g/mol. The average molecular weight is 287 g/mol. The fourth-order valence-electron chi connectivity index (χ4n) is 1.93. The molecule has 0 spiro atoms. The first-order chi connectivity index (χ1) is 10.3. The average Bonchev–Trinajstić information content (AvgIpc) is 2.55. The van der Waals surface area contributed by atoms with Gasteiger partial charge in [-0.15, -0.1) is 0 Å². The Morgan fingerprint density at radius 3 is 2.43 bits per heavy atom. The number of ether oxygens (including phenoxy) is 3. The first kappa shape index (κ1) is 14.8. The highest BCUT2D eigenvalue weighted by molar-refractivity contribution is 5.78. The summed E-state index contributed by atoms with van der Waals surface area (Å²) >= 11 is 0. The second kappa shape index (κ2) is 7.28. The van der Waals surface area contributed by atoms with Crippen molar-refractivity contribution < 1.29 is 19.0 Å². The summed E-state index contributed by atoms with van der Waals surface area (Å²) in [5.41, 5.74) is 1.56. The highest BCUT2D eigenvalue weighted by Gasteiger charge is 2.14. The Bertz CT molecular complexity index is 573. The van der Waals surface area contributed by atoms with Crippen LogP contribution in [0.2, 0.25) is 0 Å². The lowest BCUT2D eigenvalue weighted by atomic mass is 10.2. The number of aromatic nitrogens is 1. The Balaban J connectivity index is 2.13. The van der Waals surface area contributed by atoms with E-state index in [-0.39, 0.29) is 0 Å². The molecular formula is C16H17NO4. The van der Waals surface area contributed by atoms with Gasteiger partial charge < -0.3 is 14.2 Å². The zero-order valence-electron chi connectivity index (χ0n) is 12.0. The van der Waals surface area contributed by atoms with Crippen molar-refractivity contribution in [2.45, 2.75) is 6.42 Å². The Morgan fingerprint density at radius 2 is 1.90 bits per heavy atom. The second-order valence-corrected chi connectivity index (χ2v) is 4.33. The summed E-state index contributed by atoms with van der Waals surface area (Å²) in [6.45, 7) is 0.457. The van der Waals surface area contributed by atoms with E-state index in [1.165, 1.54) is 14.2 Å². The van der Waals surface area contributed by atoms with Crippen LogP contribution in [0.25, 0.3) is 0 Å². The van der Waals surface area contributed by atoms with Crippen LogP contribution in [0.3, 0.4) is 0 Å². The predicted molar refractivity (Wildman–Crippen MR) is 78.4 cm³/mol. The van der Waals surface area contributed by atoms with Crippen molar-refractivity contribution in [2.75, 3.05) is 20.8 Å². The van der Waals surface area contributed by atoms with Gasteiger partial charge in [0, 0.05) is 24.4 Å². The largest absolute Gasteiger partial charge is 0.493 e. The minimum absolute atomic E-state index is 0.457. The van der Waals surface area contributed by atoms with Crippen LogP contribution >= 0.6 is 0 Å². The minimum atomic E-state index is 0.457. The van der Waals surface area contributed by atoms with Gasteiger partial charge in [0.2, 0.25) is 5.75 Å². The first-order valence-corrected chi connectivity index (χ1v) is 6.51. The molecule has 5 heteroatoms. The predicted octanol–water partition coefficient (Wildman–Crippen LogP) is 2.53. The van der Waals surface area contributed by atoms with Gasteiger partial charge in [0.15, 0.2) is 11.5 Å². The van der Waals surface area contributed by atoms with Crippen LogP contribution in [0, 0.1) is 0 Å². The first-order valence-electron chi connectivity index (χ1n) is 6.51. The molecule has 110 valence electrons. The van der Waals surface area contributed by atoms with Gasteiger partial charge in [-0.3, -0.25) is 9.78 Å². The van der Waals surface area contributed by atoms with Crippen LogP contribution in [-0.2, 0) is 6.42 Å². The lowest BCUT2D eigenvalue weighted by Crippen LogP contribution is -2.05. The zero-order valence-corrected chi connectivity index (χ0v) is 12.0. The van der Waals surface area contributed by atoms with Gasteiger partial charge in [-0.2, -0.15) is 0 Å². The normalized spacial score (nSPS) is 10.0. The molecule has 21 heavy (non-hydrogen) atoms. The van der Waals surface area contributed by atoms with Gasteiger partial charge in [-0.05, 0) is 23.8 Å². The summed E-state index contributed by atoms with van der Waals surface area (Å²) in [6.07, 6.45) is 4.99. The molecule has 0 aliphatic carbocycles. The molecule has 2 aromatic rings. The van der Waals surface area contributed by atoms with E-state index in [1.807, 2.05) is 12.1 Å². The van der Waals surface area contributed by atoms with Crippen molar-refractivity contribution in [3.8, 4) is 17.2 Å². The quantitative estimate of drug-likeness (QED) is 0.732. The van der Waals surface area contributed by atoms with Gasteiger partial charge >= 0.3 is 0 Å². The third-order valence-corrected chi connectivity index (χ3v) is 2.98. The number of aldehydes is 1. The van der Waals surface area contributed by atoms with Crippen LogP contribution in [0.5, 0.6) is 17.2 Å². The molecule has 0 radical (unpaired) electrons. The van der Waals surface area contributed by atoms with E-state index < -0.39 is 0 Å². The Kier molecular flexibility index (Phi) is 5.15. The SMILES string of the molecule is COc1cc(C=O)cc(OC)c1OCCc1cccnc1. The summed E-state index contributed by atoms with van der Waals surface area (Å²) in [7, 11) is 3.05. The number of hydrogen-bond donors (Lipinski definition) is 0. The number of nitrogens with zero attached hydrogens (tertiary/aromatic N) is 1. The lowest BCUT2D eigenvalue weighted by molar-refractivity contribution is 0.112. The van der Waals surface area contributed by atoms with Gasteiger partial charge in [-0.25, -0.2) is 0 Å². The topological polar surface area (TPSA) is 57.7 Å². The molecule has 0 fully saturated rings. The van der Waals surface area contributed by atoms with Crippen LogP contribution < -0.4 is 14.2 Å². The second-order valence-electron chi connectivity index (χ2n) is 4.33. The maximum Gasteiger partial charge on any atom is 0.203 e. The van der Waals surface area contributed by atoms with Crippen molar-refractivity contribution in [3.63, 3.8) is 0 Å². The van der Waals surface area contributed by atoms with E-state index in [2.05, 4.69) is 4.98 Å². The van der Waals surface area contributed by atoms with Crippen LogP contribution in [0.15, 0.2) is 36.7 Å². The monoisotopic (exact) mass is 287 g/mol. The van der Waals surface area contributed by atoms with Crippen molar-refractivity contribution in [1.82, 2.24) is 4.98 Å². The van der Waals surface area contributed by atoms with E-state index in [4.69, 9.17) is 14.2 Å². The fourth-order valence-corrected chi connectivity index (χ4v) is 1.93. The molecule has 0 atom stereocenters. The summed E-state index contributed by atoms with van der Waals surface area (Å²) in [6, 6.07) is 7.11. The van der Waals surface area contributed by atoms with Crippen molar-refractivity contribution in [1.29, 1.82) is 0 Å². The molecule has 0 aliphatic rings. The maximum absolute atomic E-state index is 10.9. The highest BCUT2D eigenvalue weighted by Crippen LogP contribution is 2.38. The summed E-state index contributed by atoms with van der Waals surface area (Å²) in [4.78, 5) is 15.0. The molecule has 0 saturated carbocycles. The van der Waals surface area contributed by atoms with Crippen LogP contribution in [0.4, 0.5) is 0 Å². The zero-order chi connectivity index (χ0) is 15.1. The smallest absolute Gasteiger partial charge is 0.203 e. The van der Waals surface area contributed by atoms with E-state index in [9.17, 15) is 4.79 Å². The summed E-state index contributed by atoms with van der Waals surface area (Å²) in [5, 5.41) is 0. The lowest BCUT2D eigenvalue weighted by Gasteiger charge is -2.15. The maximum atomic E-state index is 10.9. The minimum Gasteiger partial charge on any atom is -0.493 e. The molecule has 0 unspecified atom stereocenters. The Hall–Kier alpha value is -2.56. The molecule has 1 aromatic carbocycles. The molecule has 0 amide bonds. The van der Waals surface area contributed by atoms with E-state index >= 15 is 0 Å². The summed E-state index contributed by atoms with van der Waals surface area (Å²) in [5.74, 6) is 1.44. The van der Waals surface area contributed by atoms with Crippen molar-refractivity contribution in [3.05, 3.63) is 47.8 Å². The molecule has 0 aliphatic heterocycles. The molecule has 5 nitrogen and oxygen atoms in total. The molecule has 0 N–H and O–H groups in total. The third-order valence-electron chi connectivity index (χ3n) is 2.98. The summed E-state index contributed by atoms with van der Waals surface area (Å²) < 4.78 is 16.3. The van der Waals surface area contributed by atoms with E-state index in [0.717, 1.165) is 18.3 Å². The molecule has 1 heterocycles. The van der Waals surface area contributed by atoms with Crippen molar-refractivity contribution in [2.24, 2.45) is 0 Å². The molecule has 2 rings (SSSR count). The molecule has 1 aromatic heterocycles. The van der Waals surface area contributed by atoms with Crippen LogP contribution in [-0.4, -0.2) is 32.1 Å². The van der Waals surface area contributed by atoms with Gasteiger partial charge in [-0.1, -0.05) is 6.07 Å². The molecule has 0 saturated heterocycles. The van der Waals surface area contributed by atoms with Crippen molar-refractivity contribution >= 4 is 6.29 Å². The Labute approximate surface area is 123 Å². The van der Waals surface area contributed by atoms with E-state index in [1.54, 1.807) is 24.5 Å². The molecule has 0 bridgehead atoms. The van der Waals surface area contributed by atoms with E-state index in [0.29, 0.717) is 29.4 Å². The van der Waals surface area contributed by atoms with Gasteiger partial charge in [0.1, 0.15) is 6.29 Å².